The van der Waals surface area contributed by atoms with Crippen LogP contribution in [0.3, 0.4) is 0 Å². The maximum absolute atomic E-state index is 13.5. The average molecular weight is 441 g/mol. The molecule has 1 radical (unpaired) electrons. The summed E-state index contributed by atoms with van der Waals surface area (Å²) in [5, 5.41) is 8.40. The Morgan fingerprint density at radius 3 is 1.26 bits per heavy atom. The van der Waals surface area contributed by atoms with Gasteiger partial charge in [0.1, 0.15) is 0 Å². The molecule has 163 valence electrons. The molecule has 1 nitrogen and oxygen atoms in total. The van der Waals surface area contributed by atoms with Crippen LogP contribution in [0.25, 0.3) is 0 Å². The van der Waals surface area contributed by atoms with E-state index in [9.17, 15) is 65.9 Å². The van der Waals surface area contributed by atoms with Crippen molar-refractivity contribution in [3.05, 3.63) is 6.92 Å². The highest BCUT2D eigenvalue weighted by Crippen LogP contribution is 2.62. The molecule has 0 aliphatic carbocycles. The number of hydrogen-bond donors (Lipinski definition) is 1. The second-order valence-corrected chi connectivity index (χ2v) is 5.38. The molecule has 0 bridgehead atoms. The van der Waals surface area contributed by atoms with E-state index in [0.717, 1.165) is 0 Å². The Kier molecular flexibility index (Phi) is 6.48. The lowest BCUT2D eigenvalue weighted by Crippen LogP contribution is -2.72. The van der Waals surface area contributed by atoms with Crippen molar-refractivity contribution in [2.45, 2.75) is 60.7 Å². The Hall–Kier alpha value is -1.09. The molecule has 27 heavy (non-hydrogen) atoms. The molecule has 16 heteroatoms. The molecule has 0 spiro atoms. The van der Waals surface area contributed by atoms with Gasteiger partial charge >= 0.3 is 36.0 Å². The lowest BCUT2D eigenvalue weighted by molar-refractivity contribution is -0.424. The van der Waals surface area contributed by atoms with Gasteiger partial charge in [-0.1, -0.05) is 0 Å². The minimum absolute atomic E-state index is 2.22. The van der Waals surface area contributed by atoms with Gasteiger partial charge in [0.2, 0.25) is 0 Å². The molecule has 0 fully saturated rings. The summed E-state index contributed by atoms with van der Waals surface area (Å²) in [5.74, 6) is -29.9. The van der Waals surface area contributed by atoms with Crippen LogP contribution in [-0.2, 0) is 0 Å². The Balaban J connectivity index is 6.56. The van der Waals surface area contributed by atoms with Gasteiger partial charge in [0.15, 0.2) is 0 Å². The summed E-state index contributed by atoms with van der Waals surface area (Å²) >= 11 is 0. The number of aliphatic hydroxyl groups excluding tert-OH is 1. The van der Waals surface area contributed by atoms with E-state index in [1.165, 1.54) is 0 Å². The molecule has 0 aliphatic heterocycles. The molecule has 0 saturated heterocycles. The maximum atomic E-state index is 13.5. The van der Waals surface area contributed by atoms with E-state index >= 15 is 0 Å². The fraction of sp³-hybridized carbons (Fsp3) is 0.909. The Labute approximate surface area is 140 Å². The van der Waals surface area contributed by atoms with Crippen molar-refractivity contribution in [1.82, 2.24) is 0 Å². The second-order valence-electron chi connectivity index (χ2n) is 5.38. The van der Waals surface area contributed by atoms with Crippen LogP contribution in [-0.4, -0.2) is 52.9 Å². The third-order valence-electron chi connectivity index (χ3n) is 3.13. The van der Waals surface area contributed by atoms with Gasteiger partial charge in [0.25, 0.3) is 5.67 Å². The molecule has 0 saturated carbocycles. The predicted octanol–water partition coefficient (Wildman–Crippen LogP) is 5.34. The van der Waals surface area contributed by atoms with Crippen molar-refractivity contribution in [2.24, 2.45) is 0 Å². The van der Waals surface area contributed by atoms with E-state index in [2.05, 4.69) is 6.92 Å². The molecular formula is C11H8F15O. The molecule has 2 unspecified atom stereocenters. The van der Waals surface area contributed by atoms with Crippen LogP contribution >= 0.6 is 0 Å². The molecule has 0 aliphatic rings. The smallest absolute Gasteiger partial charge is 0.393 e. The van der Waals surface area contributed by atoms with Gasteiger partial charge < -0.3 is 5.11 Å². The summed E-state index contributed by atoms with van der Waals surface area (Å²) in [7, 11) is 0. The molecule has 2 atom stereocenters. The van der Waals surface area contributed by atoms with E-state index in [0.29, 0.717) is 0 Å². The summed E-state index contributed by atoms with van der Waals surface area (Å²) in [6.07, 6.45) is -24.2. The molecule has 0 aromatic carbocycles. The van der Waals surface area contributed by atoms with E-state index in [-0.39, 0.29) is 0 Å². The fourth-order valence-electron chi connectivity index (χ4n) is 1.77. The van der Waals surface area contributed by atoms with Gasteiger partial charge in [-0.05, 0) is 6.92 Å². The van der Waals surface area contributed by atoms with Gasteiger partial charge in [0, 0.05) is 6.42 Å². The van der Waals surface area contributed by atoms with Crippen molar-refractivity contribution in [1.29, 1.82) is 0 Å². The first kappa shape index (κ1) is 25.9. The third-order valence-corrected chi connectivity index (χ3v) is 3.13. The van der Waals surface area contributed by atoms with Crippen LogP contribution in [0, 0.1) is 6.92 Å². The number of rotatable bonds is 7. The third kappa shape index (κ3) is 4.34. The normalized spacial score (nSPS) is 19.0. The van der Waals surface area contributed by atoms with Crippen LogP contribution in [0.4, 0.5) is 65.9 Å². The highest BCUT2D eigenvalue weighted by molar-refractivity contribution is 5.14. The molecule has 1 N–H and O–H groups in total. The van der Waals surface area contributed by atoms with E-state index < -0.39 is 60.7 Å². The molecule has 0 aromatic rings. The van der Waals surface area contributed by atoms with Gasteiger partial charge in [-0.3, -0.25) is 0 Å². The molecule has 0 heterocycles. The van der Waals surface area contributed by atoms with Crippen molar-refractivity contribution >= 4 is 0 Å². The minimum atomic E-state index is -8.01. The highest BCUT2D eigenvalue weighted by atomic mass is 19.4. The Morgan fingerprint density at radius 1 is 0.630 bits per heavy atom. The van der Waals surface area contributed by atoms with Crippen LogP contribution in [0.2, 0.25) is 0 Å². The summed E-state index contributed by atoms with van der Waals surface area (Å²) in [5.41, 5.74) is -7.38. The zero-order valence-electron chi connectivity index (χ0n) is 12.3. The largest absolute Gasteiger partial charge is 0.429 e. The van der Waals surface area contributed by atoms with E-state index in [4.69, 9.17) is 5.11 Å². The predicted molar refractivity (Wildman–Crippen MR) is 56.3 cm³/mol. The monoisotopic (exact) mass is 441 g/mol. The first-order valence-electron chi connectivity index (χ1n) is 6.22. The quantitative estimate of drug-likeness (QED) is 0.530. The second kappa shape index (κ2) is 6.76. The van der Waals surface area contributed by atoms with Crippen molar-refractivity contribution in [3.8, 4) is 0 Å². The average Bonchev–Trinajstić information content (AvgIpc) is 2.32. The zero-order chi connectivity index (χ0) is 22.5. The summed E-state index contributed by atoms with van der Waals surface area (Å²) < 4.78 is 193. The first-order chi connectivity index (χ1) is 11.4. The number of halogens is 15. The molecule has 0 rings (SSSR count). The molecular weight excluding hydrogens is 433 g/mol. The lowest BCUT2D eigenvalue weighted by atomic mass is 9.83. The lowest BCUT2D eigenvalue weighted by Gasteiger charge is -2.43. The van der Waals surface area contributed by atoms with Crippen LogP contribution < -0.4 is 0 Å². The van der Waals surface area contributed by atoms with E-state index in [1.54, 1.807) is 0 Å². The van der Waals surface area contributed by atoms with Crippen LogP contribution in [0.15, 0.2) is 0 Å². The molecule has 0 aromatic heterocycles. The summed E-state index contributed by atoms with van der Waals surface area (Å²) in [6, 6.07) is 0. The summed E-state index contributed by atoms with van der Waals surface area (Å²) in [4.78, 5) is 0. The number of aliphatic hydroxyl groups is 1. The fourth-order valence-corrected chi connectivity index (χ4v) is 1.77. The number of hydrogen-bond acceptors (Lipinski definition) is 1. The van der Waals surface area contributed by atoms with Crippen LogP contribution in [0.5, 0.6) is 0 Å². The highest BCUT2D eigenvalue weighted by Gasteiger charge is 2.90. The van der Waals surface area contributed by atoms with Crippen LogP contribution in [0.1, 0.15) is 12.8 Å². The van der Waals surface area contributed by atoms with Crippen molar-refractivity contribution in [2.75, 3.05) is 0 Å². The van der Waals surface area contributed by atoms with Gasteiger partial charge in [0.05, 0.1) is 12.5 Å². The topological polar surface area (TPSA) is 20.2 Å². The maximum Gasteiger partial charge on any atom is 0.429 e. The van der Waals surface area contributed by atoms with Gasteiger partial charge in [-0.15, -0.1) is 0 Å². The Bertz CT molecular complexity index is 517. The van der Waals surface area contributed by atoms with Gasteiger partial charge in [-0.2, -0.15) is 61.5 Å². The SMILES string of the molecule is [CH2]C(O)CC(F)(F)C(F)(F)C(F)(F)C(F)(F)C(F)(CC(F)(F)F)C(F)(F)F. The first-order valence-corrected chi connectivity index (χ1v) is 6.22. The number of alkyl halides is 15. The molecule has 0 amide bonds. The van der Waals surface area contributed by atoms with Gasteiger partial charge in [-0.25, -0.2) is 4.39 Å². The van der Waals surface area contributed by atoms with Crippen molar-refractivity contribution < 1.29 is 71.0 Å². The standard InChI is InChI=1S/C11H8F15O/c1-4(27)2-6(13,14)9(20,21)10(22,23)8(18,19)5(12,11(24,25)26)3-7(15,16)17/h4,27H,1-3H2. The minimum Gasteiger partial charge on any atom is -0.393 e. The van der Waals surface area contributed by atoms with Crippen molar-refractivity contribution in [3.63, 3.8) is 0 Å². The Morgan fingerprint density at radius 2 is 1.00 bits per heavy atom. The summed E-state index contributed by atoms with van der Waals surface area (Å²) in [6.45, 7) is 2.22. The zero-order valence-corrected chi connectivity index (χ0v) is 12.3. The van der Waals surface area contributed by atoms with E-state index in [1.807, 2.05) is 0 Å².